The molecule has 0 saturated heterocycles. The number of ketones is 1. The number of hydrogen-bond acceptors (Lipinski definition) is 2. The Kier molecular flexibility index (Phi) is 5.13. The topological polar surface area (TPSA) is 37.3 Å². The molecule has 25 heavy (non-hydrogen) atoms. The maximum atomic E-state index is 12.9. The highest BCUT2D eigenvalue weighted by Gasteiger charge is 2.27. The average Bonchev–Trinajstić information content (AvgIpc) is 2.47. The molecule has 134 valence electrons. The number of phenols is 1. The van der Waals surface area contributed by atoms with Gasteiger partial charge in [-0.25, -0.2) is 0 Å². The number of carbonyl (C=O) groups is 1. The first-order chi connectivity index (χ1) is 11.4. The van der Waals surface area contributed by atoms with E-state index in [-0.39, 0.29) is 16.6 Å². The van der Waals surface area contributed by atoms with Crippen molar-refractivity contribution in [2.45, 2.75) is 65.7 Å². The zero-order chi connectivity index (χ0) is 19.0. The van der Waals surface area contributed by atoms with Gasteiger partial charge in [0.05, 0.1) is 0 Å². The van der Waals surface area contributed by atoms with E-state index in [2.05, 4.69) is 41.5 Å². The van der Waals surface area contributed by atoms with Crippen molar-refractivity contribution in [3.8, 4) is 5.75 Å². The van der Waals surface area contributed by atoms with Gasteiger partial charge in [-0.3, -0.25) is 4.79 Å². The summed E-state index contributed by atoms with van der Waals surface area (Å²) in [5.41, 5.74) is 4.06. The summed E-state index contributed by atoms with van der Waals surface area (Å²) in [6.45, 7) is 14.4. The number of Topliss-reactive ketones (excluding diaryl/α,β-unsaturated/α-hetero) is 1. The maximum Gasteiger partial charge on any atom is 0.167 e. The van der Waals surface area contributed by atoms with Crippen LogP contribution >= 0.6 is 0 Å². The molecule has 0 aliphatic heterocycles. The predicted molar refractivity (Wildman–Crippen MR) is 105 cm³/mol. The van der Waals surface area contributed by atoms with E-state index in [1.165, 1.54) is 5.56 Å². The van der Waals surface area contributed by atoms with Crippen molar-refractivity contribution in [1.29, 1.82) is 0 Å². The monoisotopic (exact) mass is 338 g/mol. The van der Waals surface area contributed by atoms with E-state index in [1.807, 2.05) is 43.3 Å². The molecule has 0 unspecified atom stereocenters. The van der Waals surface area contributed by atoms with E-state index in [1.54, 1.807) is 0 Å². The van der Waals surface area contributed by atoms with Gasteiger partial charge in [-0.1, -0.05) is 71.4 Å². The van der Waals surface area contributed by atoms with Gasteiger partial charge >= 0.3 is 0 Å². The van der Waals surface area contributed by atoms with Crippen molar-refractivity contribution in [3.63, 3.8) is 0 Å². The Labute approximate surface area is 151 Å². The zero-order valence-electron chi connectivity index (χ0n) is 16.5. The molecule has 2 aromatic carbocycles. The van der Waals surface area contributed by atoms with Gasteiger partial charge in [0, 0.05) is 23.1 Å². The molecular formula is C23H30O2. The Morgan fingerprint density at radius 2 is 1.32 bits per heavy atom. The second-order valence-corrected chi connectivity index (χ2v) is 9.01. The Morgan fingerprint density at radius 1 is 0.880 bits per heavy atom. The summed E-state index contributed by atoms with van der Waals surface area (Å²) >= 11 is 0. The lowest BCUT2D eigenvalue weighted by molar-refractivity contribution is 0.0992. The fourth-order valence-corrected chi connectivity index (χ4v) is 2.93. The lowest BCUT2D eigenvalue weighted by atomic mass is 9.78. The molecule has 1 N–H and O–H groups in total. The van der Waals surface area contributed by atoms with Gasteiger partial charge in [-0.05, 0) is 35.4 Å². The van der Waals surface area contributed by atoms with E-state index in [4.69, 9.17) is 0 Å². The van der Waals surface area contributed by atoms with Crippen LogP contribution in [0.1, 0.15) is 74.2 Å². The van der Waals surface area contributed by atoms with Crippen molar-refractivity contribution in [3.05, 3.63) is 64.2 Å². The smallest absolute Gasteiger partial charge is 0.167 e. The van der Waals surface area contributed by atoms with Gasteiger partial charge in [0.15, 0.2) is 5.78 Å². The van der Waals surface area contributed by atoms with Gasteiger partial charge < -0.3 is 5.11 Å². The van der Waals surface area contributed by atoms with Crippen LogP contribution in [0.15, 0.2) is 36.4 Å². The van der Waals surface area contributed by atoms with E-state index in [0.29, 0.717) is 17.7 Å². The number of aromatic hydroxyl groups is 1. The molecule has 0 atom stereocenters. The fourth-order valence-electron chi connectivity index (χ4n) is 2.93. The lowest BCUT2D eigenvalue weighted by Crippen LogP contribution is -2.19. The minimum absolute atomic E-state index is 0.0832. The highest BCUT2D eigenvalue weighted by atomic mass is 16.3. The molecule has 2 nitrogen and oxygen atoms in total. The lowest BCUT2D eigenvalue weighted by Gasteiger charge is -2.28. The number of carbonyl (C=O) groups excluding carboxylic acids is 1. The molecule has 0 amide bonds. The zero-order valence-corrected chi connectivity index (χ0v) is 16.5. The minimum atomic E-state index is -0.232. The van der Waals surface area contributed by atoms with Crippen LogP contribution < -0.4 is 0 Å². The Morgan fingerprint density at radius 3 is 1.72 bits per heavy atom. The van der Waals surface area contributed by atoms with Crippen molar-refractivity contribution in [2.75, 3.05) is 0 Å². The number of phenolic OH excluding ortho intramolecular Hbond substituents is 1. The molecule has 0 saturated carbocycles. The third kappa shape index (κ3) is 4.50. The SMILES string of the molecule is Cc1ccc(CC(=O)c2cc(C(C)(C)C)c(O)c(C(C)(C)C)c2)cc1. The summed E-state index contributed by atoms with van der Waals surface area (Å²) < 4.78 is 0. The Bertz CT molecular complexity index is 734. The number of rotatable bonds is 3. The van der Waals surface area contributed by atoms with Crippen LogP contribution in [0.2, 0.25) is 0 Å². The van der Waals surface area contributed by atoms with Crippen molar-refractivity contribution in [1.82, 2.24) is 0 Å². The van der Waals surface area contributed by atoms with Crippen LogP contribution in [0, 0.1) is 6.92 Å². The van der Waals surface area contributed by atoms with Crippen molar-refractivity contribution >= 4 is 5.78 Å². The van der Waals surface area contributed by atoms with Gasteiger partial charge in [0.1, 0.15) is 5.75 Å². The van der Waals surface area contributed by atoms with Gasteiger partial charge in [-0.15, -0.1) is 0 Å². The number of benzene rings is 2. The van der Waals surface area contributed by atoms with Gasteiger partial charge in [0.25, 0.3) is 0 Å². The Hall–Kier alpha value is -2.09. The van der Waals surface area contributed by atoms with Crippen molar-refractivity contribution < 1.29 is 9.90 Å². The minimum Gasteiger partial charge on any atom is -0.507 e. The third-order valence-corrected chi connectivity index (χ3v) is 4.53. The highest BCUT2D eigenvalue weighted by Crippen LogP contribution is 2.40. The molecule has 0 aliphatic carbocycles. The van der Waals surface area contributed by atoms with Crippen LogP contribution in [0.3, 0.4) is 0 Å². The summed E-state index contributed by atoms with van der Waals surface area (Å²) in [4.78, 5) is 12.9. The Balaban J connectivity index is 2.49. The second-order valence-electron chi connectivity index (χ2n) is 9.01. The molecule has 0 radical (unpaired) electrons. The largest absolute Gasteiger partial charge is 0.507 e. The third-order valence-electron chi connectivity index (χ3n) is 4.53. The molecule has 0 spiro atoms. The van der Waals surface area contributed by atoms with Crippen LogP contribution in [0.4, 0.5) is 0 Å². The molecule has 2 aromatic rings. The molecule has 0 aromatic heterocycles. The number of aryl methyl sites for hydroxylation is 1. The van der Waals surface area contributed by atoms with Crippen LogP contribution in [-0.2, 0) is 17.3 Å². The van der Waals surface area contributed by atoms with E-state index in [0.717, 1.165) is 16.7 Å². The van der Waals surface area contributed by atoms with Crippen molar-refractivity contribution in [2.24, 2.45) is 0 Å². The molecule has 0 aliphatic rings. The predicted octanol–water partition coefficient (Wildman–Crippen LogP) is 5.72. The summed E-state index contributed by atoms with van der Waals surface area (Å²) in [5, 5.41) is 10.8. The fraction of sp³-hybridized carbons (Fsp3) is 0.435. The standard InChI is InChI=1S/C23H30O2/c1-15-8-10-16(11-9-15)12-20(24)17-13-18(22(2,3)4)21(25)19(14-17)23(5,6)7/h8-11,13-14,25H,12H2,1-7H3. The first-order valence-electron chi connectivity index (χ1n) is 8.86. The van der Waals surface area contributed by atoms with Crippen LogP contribution in [0.25, 0.3) is 0 Å². The quantitative estimate of drug-likeness (QED) is 0.727. The second kappa shape index (κ2) is 6.67. The molecule has 2 rings (SSSR count). The van der Waals surface area contributed by atoms with E-state index >= 15 is 0 Å². The van der Waals surface area contributed by atoms with Gasteiger partial charge in [-0.2, -0.15) is 0 Å². The maximum absolute atomic E-state index is 12.9. The molecule has 0 heterocycles. The van der Waals surface area contributed by atoms with E-state index < -0.39 is 0 Å². The van der Waals surface area contributed by atoms with E-state index in [9.17, 15) is 9.90 Å². The molecule has 0 bridgehead atoms. The first kappa shape index (κ1) is 19.2. The molecular weight excluding hydrogens is 308 g/mol. The summed E-state index contributed by atoms with van der Waals surface area (Å²) in [6.07, 6.45) is 0.373. The number of hydrogen-bond donors (Lipinski definition) is 1. The average molecular weight is 338 g/mol. The molecule has 0 fully saturated rings. The van der Waals surface area contributed by atoms with Gasteiger partial charge in [0.2, 0.25) is 0 Å². The first-order valence-corrected chi connectivity index (χ1v) is 8.86. The highest BCUT2D eigenvalue weighted by molar-refractivity contribution is 5.98. The normalized spacial score (nSPS) is 12.3. The summed E-state index contributed by atoms with van der Waals surface area (Å²) in [6, 6.07) is 11.8. The van der Waals surface area contributed by atoms with Crippen LogP contribution in [0.5, 0.6) is 5.75 Å². The molecule has 2 heteroatoms. The summed E-state index contributed by atoms with van der Waals surface area (Å²) in [7, 11) is 0. The summed E-state index contributed by atoms with van der Waals surface area (Å²) in [5.74, 6) is 0.395. The van der Waals surface area contributed by atoms with Crippen LogP contribution in [-0.4, -0.2) is 10.9 Å².